The van der Waals surface area contributed by atoms with Gasteiger partial charge in [-0.25, -0.2) is 0 Å². The number of hydrogen-bond acceptors (Lipinski definition) is 2. The Morgan fingerprint density at radius 3 is 2.27 bits per heavy atom. The molecule has 0 radical (unpaired) electrons. The Hall–Kier alpha value is -2.28. The van der Waals surface area contributed by atoms with E-state index in [1.807, 2.05) is 25.1 Å². The van der Waals surface area contributed by atoms with Gasteiger partial charge in [-0.3, -0.25) is 4.79 Å². The summed E-state index contributed by atoms with van der Waals surface area (Å²) in [6.07, 6.45) is 1.38. The van der Waals surface area contributed by atoms with E-state index in [0.29, 0.717) is 21.3 Å². The molecule has 2 rings (SSSR count). The largest absolute Gasteiger partial charge is 0.321 e. The molecule has 1 amide bonds. The second kappa shape index (κ2) is 7.13. The van der Waals surface area contributed by atoms with Gasteiger partial charge in [0.25, 0.3) is 5.91 Å². The SMILES string of the molecule is Cc1ccc(NC(=O)/C(C#N)=C/c2c(Cl)cccc2Cl)cc1. The minimum atomic E-state index is -0.512. The Labute approximate surface area is 138 Å². The molecule has 0 bridgehead atoms. The number of anilines is 1. The maximum atomic E-state index is 12.2. The summed E-state index contributed by atoms with van der Waals surface area (Å²) in [6.45, 7) is 1.95. The summed E-state index contributed by atoms with van der Waals surface area (Å²) in [5.41, 5.74) is 2.07. The van der Waals surface area contributed by atoms with Gasteiger partial charge < -0.3 is 5.32 Å². The molecule has 0 aliphatic heterocycles. The zero-order chi connectivity index (χ0) is 16.1. The first kappa shape index (κ1) is 16.1. The van der Waals surface area contributed by atoms with Crippen molar-refractivity contribution in [2.75, 3.05) is 5.32 Å². The van der Waals surface area contributed by atoms with Gasteiger partial charge in [0.05, 0.1) is 0 Å². The van der Waals surface area contributed by atoms with Crippen LogP contribution in [0.25, 0.3) is 6.08 Å². The minimum Gasteiger partial charge on any atom is -0.321 e. The first-order valence-electron chi connectivity index (χ1n) is 6.45. The third-order valence-corrected chi connectivity index (χ3v) is 3.62. The highest BCUT2D eigenvalue weighted by atomic mass is 35.5. The number of halogens is 2. The summed E-state index contributed by atoms with van der Waals surface area (Å²) in [7, 11) is 0. The molecule has 0 aliphatic rings. The predicted molar refractivity (Wildman–Crippen MR) is 89.9 cm³/mol. The molecule has 110 valence electrons. The number of carbonyl (C=O) groups excluding carboxylic acids is 1. The lowest BCUT2D eigenvalue weighted by Crippen LogP contribution is -2.13. The predicted octanol–water partition coefficient (Wildman–Crippen LogP) is 4.85. The Balaban J connectivity index is 2.28. The molecule has 0 fully saturated rings. The summed E-state index contributed by atoms with van der Waals surface area (Å²) in [4.78, 5) is 12.2. The smallest absolute Gasteiger partial charge is 0.266 e. The number of amides is 1. The van der Waals surface area contributed by atoms with E-state index < -0.39 is 5.91 Å². The van der Waals surface area contributed by atoms with Gasteiger partial charge in [-0.15, -0.1) is 0 Å². The Morgan fingerprint density at radius 2 is 1.73 bits per heavy atom. The molecule has 0 heterocycles. The van der Waals surface area contributed by atoms with Crippen molar-refractivity contribution < 1.29 is 4.79 Å². The van der Waals surface area contributed by atoms with Gasteiger partial charge in [0, 0.05) is 21.3 Å². The van der Waals surface area contributed by atoms with Crippen molar-refractivity contribution in [2.45, 2.75) is 6.92 Å². The summed E-state index contributed by atoms with van der Waals surface area (Å²) in [5, 5.41) is 12.6. The second-order valence-electron chi connectivity index (χ2n) is 4.63. The standard InChI is InChI=1S/C17H12Cl2N2O/c1-11-5-7-13(8-6-11)21-17(22)12(10-20)9-14-15(18)3-2-4-16(14)19/h2-9H,1H3,(H,21,22)/b12-9+. The third kappa shape index (κ3) is 3.88. The lowest BCUT2D eigenvalue weighted by atomic mass is 10.1. The van der Waals surface area contributed by atoms with Crippen LogP contribution in [0.2, 0.25) is 10.0 Å². The van der Waals surface area contributed by atoms with Gasteiger partial charge >= 0.3 is 0 Å². The van der Waals surface area contributed by atoms with E-state index in [2.05, 4.69) is 5.32 Å². The van der Waals surface area contributed by atoms with E-state index in [4.69, 9.17) is 23.2 Å². The number of rotatable bonds is 3. The fourth-order valence-corrected chi connectivity index (χ4v) is 2.28. The quantitative estimate of drug-likeness (QED) is 0.646. The van der Waals surface area contributed by atoms with Crippen molar-refractivity contribution in [3.8, 4) is 6.07 Å². The van der Waals surface area contributed by atoms with Crippen LogP contribution >= 0.6 is 23.2 Å². The highest BCUT2D eigenvalue weighted by Crippen LogP contribution is 2.26. The van der Waals surface area contributed by atoms with E-state index >= 15 is 0 Å². The molecule has 0 aliphatic carbocycles. The molecular weight excluding hydrogens is 319 g/mol. The van der Waals surface area contributed by atoms with Gasteiger partial charge in [0.1, 0.15) is 11.6 Å². The molecule has 1 N–H and O–H groups in total. The molecule has 0 unspecified atom stereocenters. The number of nitrogens with zero attached hydrogens (tertiary/aromatic N) is 1. The van der Waals surface area contributed by atoms with Crippen LogP contribution in [0.4, 0.5) is 5.69 Å². The molecular formula is C17H12Cl2N2O. The average molecular weight is 331 g/mol. The fraction of sp³-hybridized carbons (Fsp3) is 0.0588. The lowest BCUT2D eigenvalue weighted by Gasteiger charge is -2.06. The molecule has 2 aromatic carbocycles. The van der Waals surface area contributed by atoms with Crippen molar-refractivity contribution in [3.05, 3.63) is 69.2 Å². The van der Waals surface area contributed by atoms with Crippen LogP contribution in [0, 0.1) is 18.3 Å². The number of aryl methyl sites for hydroxylation is 1. The van der Waals surface area contributed by atoms with Crippen LogP contribution in [0.3, 0.4) is 0 Å². The zero-order valence-electron chi connectivity index (χ0n) is 11.7. The number of nitrogens with one attached hydrogen (secondary N) is 1. The van der Waals surface area contributed by atoms with E-state index in [0.717, 1.165) is 5.56 Å². The van der Waals surface area contributed by atoms with E-state index in [1.165, 1.54) is 6.08 Å². The van der Waals surface area contributed by atoms with E-state index in [1.54, 1.807) is 30.3 Å². The first-order valence-corrected chi connectivity index (χ1v) is 7.20. The molecule has 0 aromatic heterocycles. The lowest BCUT2D eigenvalue weighted by molar-refractivity contribution is -0.112. The number of carbonyl (C=O) groups is 1. The summed E-state index contributed by atoms with van der Waals surface area (Å²) >= 11 is 12.1. The highest BCUT2D eigenvalue weighted by Gasteiger charge is 2.12. The molecule has 0 saturated heterocycles. The number of nitriles is 1. The maximum Gasteiger partial charge on any atom is 0.266 e. The Morgan fingerprint density at radius 1 is 1.14 bits per heavy atom. The summed E-state index contributed by atoms with van der Waals surface area (Å²) in [5.74, 6) is -0.512. The van der Waals surface area contributed by atoms with Crippen LogP contribution in [0.5, 0.6) is 0 Å². The summed E-state index contributed by atoms with van der Waals surface area (Å²) in [6, 6.07) is 14.1. The van der Waals surface area contributed by atoms with Crippen LogP contribution in [-0.4, -0.2) is 5.91 Å². The molecule has 0 spiro atoms. The van der Waals surface area contributed by atoms with Crippen molar-refractivity contribution in [2.24, 2.45) is 0 Å². The van der Waals surface area contributed by atoms with Gasteiger partial charge in [0.2, 0.25) is 0 Å². The molecule has 22 heavy (non-hydrogen) atoms. The topological polar surface area (TPSA) is 52.9 Å². The first-order chi connectivity index (χ1) is 10.5. The molecule has 3 nitrogen and oxygen atoms in total. The zero-order valence-corrected chi connectivity index (χ0v) is 13.2. The van der Waals surface area contributed by atoms with Crippen LogP contribution < -0.4 is 5.32 Å². The van der Waals surface area contributed by atoms with Gasteiger partial charge in [0.15, 0.2) is 0 Å². The van der Waals surface area contributed by atoms with Crippen molar-refractivity contribution in [1.82, 2.24) is 0 Å². The number of hydrogen-bond donors (Lipinski definition) is 1. The normalized spacial score (nSPS) is 10.9. The van der Waals surface area contributed by atoms with Gasteiger partial charge in [-0.05, 0) is 37.3 Å². The van der Waals surface area contributed by atoms with Crippen LogP contribution in [0.15, 0.2) is 48.0 Å². The van der Waals surface area contributed by atoms with Crippen molar-refractivity contribution >= 4 is 40.9 Å². The third-order valence-electron chi connectivity index (χ3n) is 2.96. The van der Waals surface area contributed by atoms with Gasteiger partial charge in [-0.2, -0.15) is 5.26 Å². The summed E-state index contributed by atoms with van der Waals surface area (Å²) < 4.78 is 0. The van der Waals surface area contributed by atoms with Gasteiger partial charge in [-0.1, -0.05) is 47.0 Å². The number of benzene rings is 2. The maximum absolute atomic E-state index is 12.2. The molecule has 0 saturated carbocycles. The monoisotopic (exact) mass is 330 g/mol. The highest BCUT2D eigenvalue weighted by molar-refractivity contribution is 6.37. The molecule has 5 heteroatoms. The van der Waals surface area contributed by atoms with E-state index in [9.17, 15) is 10.1 Å². The van der Waals surface area contributed by atoms with Crippen LogP contribution in [0.1, 0.15) is 11.1 Å². The minimum absolute atomic E-state index is 0.0735. The van der Waals surface area contributed by atoms with E-state index in [-0.39, 0.29) is 5.57 Å². The molecule has 0 atom stereocenters. The van der Waals surface area contributed by atoms with Crippen molar-refractivity contribution in [3.63, 3.8) is 0 Å². The Bertz CT molecular complexity index is 754. The van der Waals surface area contributed by atoms with Crippen molar-refractivity contribution in [1.29, 1.82) is 5.26 Å². The molecule has 2 aromatic rings. The fourth-order valence-electron chi connectivity index (χ4n) is 1.78. The second-order valence-corrected chi connectivity index (χ2v) is 5.44. The average Bonchev–Trinajstić information content (AvgIpc) is 2.49. The van der Waals surface area contributed by atoms with Crippen LogP contribution in [-0.2, 0) is 4.79 Å². The Kier molecular flexibility index (Phi) is 5.21.